The fourth-order valence-electron chi connectivity index (χ4n) is 0.849. The molecule has 7 nitrogen and oxygen atoms in total. The van der Waals surface area contributed by atoms with E-state index in [1.807, 2.05) is 0 Å². The molecule has 16 heavy (non-hydrogen) atoms. The zero-order chi connectivity index (χ0) is 12.6. The molecule has 0 spiro atoms. The minimum absolute atomic E-state index is 0.272. The number of nitrogens with zero attached hydrogens (tertiary/aromatic N) is 2. The van der Waals surface area contributed by atoms with Gasteiger partial charge in [-0.3, -0.25) is 0 Å². The highest BCUT2D eigenvalue weighted by atomic mass is 32.2. The Morgan fingerprint density at radius 1 is 1.31 bits per heavy atom. The van der Waals surface area contributed by atoms with Gasteiger partial charge in [0.1, 0.15) is 0 Å². The monoisotopic (exact) mass is 268 g/mol. The van der Waals surface area contributed by atoms with Crippen molar-refractivity contribution in [2.75, 3.05) is 6.26 Å². The van der Waals surface area contributed by atoms with Gasteiger partial charge in [-0.1, -0.05) is 0 Å². The summed E-state index contributed by atoms with van der Waals surface area (Å²) in [4.78, 5) is 0. The van der Waals surface area contributed by atoms with E-state index in [4.69, 9.17) is 0 Å². The Balaban J connectivity index is 3.06. The highest BCUT2D eigenvalue weighted by Crippen LogP contribution is 2.12. The summed E-state index contributed by atoms with van der Waals surface area (Å²) >= 11 is 0. The summed E-state index contributed by atoms with van der Waals surface area (Å²) in [5.41, 5.74) is 0. The first-order valence-corrected chi connectivity index (χ1v) is 7.64. The molecule has 0 amide bonds. The lowest BCUT2D eigenvalue weighted by molar-refractivity contribution is 0.479. The van der Waals surface area contributed by atoms with Crippen LogP contribution in [0.4, 0.5) is 0 Å². The Morgan fingerprint density at radius 2 is 1.88 bits per heavy atom. The molecular weight excluding hydrogens is 256 g/mol. The molecule has 0 aliphatic heterocycles. The second kappa shape index (κ2) is 4.06. The van der Waals surface area contributed by atoms with Crippen LogP contribution in [0.3, 0.4) is 0 Å². The number of rotatable bonds is 4. The number of hydrogen-bond acceptors (Lipinski definition) is 6. The Labute approximate surface area is 94.2 Å². The molecule has 1 aromatic heterocycles. The van der Waals surface area contributed by atoms with Crippen molar-refractivity contribution in [3.63, 3.8) is 0 Å². The molecule has 0 saturated carbocycles. The average molecular weight is 268 g/mol. The van der Waals surface area contributed by atoms with Gasteiger partial charge in [-0.05, 0) is 13.8 Å². The molecule has 92 valence electrons. The molecule has 1 heterocycles. The Bertz CT molecular complexity index is 570. The van der Waals surface area contributed by atoms with Crippen LogP contribution in [0, 0.1) is 0 Å². The van der Waals surface area contributed by atoms with Crippen LogP contribution in [-0.4, -0.2) is 37.5 Å². The molecule has 0 fully saturated rings. The van der Waals surface area contributed by atoms with Crippen molar-refractivity contribution in [1.29, 1.82) is 0 Å². The van der Waals surface area contributed by atoms with E-state index >= 15 is 0 Å². The Morgan fingerprint density at radius 3 is 2.31 bits per heavy atom. The molecule has 0 unspecified atom stereocenters. The topological polar surface area (TPSA) is 95.3 Å². The van der Waals surface area contributed by atoms with Gasteiger partial charge in [0.15, 0.2) is 0 Å². The maximum atomic E-state index is 11.6. The predicted octanol–water partition coefficient (Wildman–Crippen LogP) is -0.192. The van der Waals surface area contributed by atoms with Gasteiger partial charge in [0.25, 0.3) is 15.9 Å². The fraction of sp³-hybridized carbons (Fsp3) is 0.571. The van der Waals surface area contributed by atoms with Gasteiger partial charge >= 0.3 is 10.1 Å². The summed E-state index contributed by atoms with van der Waals surface area (Å²) in [6.45, 7) is 2.99. The van der Waals surface area contributed by atoms with E-state index in [-0.39, 0.29) is 5.88 Å². The summed E-state index contributed by atoms with van der Waals surface area (Å²) < 4.78 is 49.9. The van der Waals surface area contributed by atoms with Gasteiger partial charge in [-0.25, -0.2) is 8.42 Å². The van der Waals surface area contributed by atoms with Crippen molar-refractivity contribution < 1.29 is 21.0 Å². The molecule has 9 heteroatoms. The molecular formula is C7H12N2O5S2. The van der Waals surface area contributed by atoms with Crippen molar-refractivity contribution in [1.82, 2.24) is 9.19 Å². The minimum atomic E-state index is -3.70. The largest absolute Gasteiger partial charge is 0.360 e. The lowest BCUT2D eigenvalue weighted by Gasteiger charge is -2.06. The second-order valence-electron chi connectivity index (χ2n) is 3.41. The third-order valence-electron chi connectivity index (χ3n) is 1.63. The van der Waals surface area contributed by atoms with Gasteiger partial charge in [0.2, 0.25) is 0 Å². The number of hydrogen-bond donors (Lipinski definition) is 0. The molecule has 1 rings (SSSR count). The minimum Gasteiger partial charge on any atom is -0.360 e. The highest BCUT2D eigenvalue weighted by molar-refractivity contribution is 7.90. The SMILES string of the molecule is CC(C)S(=O)(=O)n1ccc(OS(C)(=O)=O)n1. The molecule has 0 saturated heterocycles. The first kappa shape index (κ1) is 13.0. The van der Waals surface area contributed by atoms with Crippen LogP contribution in [0.15, 0.2) is 12.3 Å². The van der Waals surface area contributed by atoms with E-state index in [1.165, 1.54) is 19.9 Å². The first-order valence-electron chi connectivity index (χ1n) is 4.32. The average Bonchev–Trinajstić information content (AvgIpc) is 2.49. The van der Waals surface area contributed by atoms with Crippen molar-refractivity contribution in [2.45, 2.75) is 19.1 Å². The van der Waals surface area contributed by atoms with E-state index in [0.717, 1.165) is 12.5 Å². The predicted molar refractivity (Wildman–Crippen MR) is 57.2 cm³/mol. The van der Waals surface area contributed by atoms with Crippen LogP contribution < -0.4 is 4.18 Å². The lowest BCUT2D eigenvalue weighted by Crippen LogP contribution is -2.23. The first-order chi connectivity index (χ1) is 7.13. The van der Waals surface area contributed by atoms with Crippen LogP contribution in [0.1, 0.15) is 13.8 Å². The summed E-state index contributed by atoms with van der Waals surface area (Å²) in [7, 11) is -7.28. The molecule has 0 aromatic carbocycles. The smallest absolute Gasteiger partial charge is 0.307 e. The van der Waals surface area contributed by atoms with Gasteiger partial charge in [-0.15, -0.1) is 5.10 Å². The zero-order valence-corrected chi connectivity index (χ0v) is 10.6. The van der Waals surface area contributed by atoms with E-state index in [1.54, 1.807) is 0 Å². The van der Waals surface area contributed by atoms with Gasteiger partial charge in [0.05, 0.1) is 11.5 Å². The third kappa shape index (κ3) is 2.95. The van der Waals surface area contributed by atoms with Crippen molar-refractivity contribution in [3.8, 4) is 5.88 Å². The number of aromatic nitrogens is 2. The highest BCUT2D eigenvalue weighted by Gasteiger charge is 2.20. The lowest BCUT2D eigenvalue weighted by atomic mass is 10.6. The van der Waals surface area contributed by atoms with Crippen LogP contribution in [0.2, 0.25) is 0 Å². The van der Waals surface area contributed by atoms with E-state index in [9.17, 15) is 16.8 Å². The van der Waals surface area contributed by atoms with Gasteiger partial charge < -0.3 is 4.18 Å². The van der Waals surface area contributed by atoms with Crippen LogP contribution in [0.5, 0.6) is 5.88 Å². The van der Waals surface area contributed by atoms with Gasteiger partial charge in [-0.2, -0.15) is 12.5 Å². The van der Waals surface area contributed by atoms with Crippen molar-refractivity contribution in [3.05, 3.63) is 12.3 Å². The normalized spacial score (nSPS) is 13.0. The fourth-order valence-corrected chi connectivity index (χ4v) is 2.10. The Hall–Kier alpha value is -1.09. The van der Waals surface area contributed by atoms with Crippen LogP contribution in [-0.2, 0) is 20.1 Å². The molecule has 1 aromatic rings. The Kier molecular flexibility index (Phi) is 3.29. The molecule has 0 aliphatic rings. The zero-order valence-electron chi connectivity index (χ0n) is 8.98. The van der Waals surface area contributed by atoms with E-state index in [2.05, 4.69) is 9.28 Å². The summed E-state index contributed by atoms with van der Waals surface area (Å²) in [6.07, 6.45) is 1.98. The quantitative estimate of drug-likeness (QED) is 0.702. The summed E-state index contributed by atoms with van der Waals surface area (Å²) in [6, 6.07) is 1.17. The van der Waals surface area contributed by atoms with Crippen molar-refractivity contribution in [2.24, 2.45) is 0 Å². The summed E-state index contributed by atoms with van der Waals surface area (Å²) in [5.74, 6) is -0.272. The van der Waals surface area contributed by atoms with Crippen LogP contribution in [0.25, 0.3) is 0 Å². The molecule has 0 N–H and O–H groups in total. The molecule has 0 aliphatic carbocycles. The standard InChI is InChI=1S/C7H12N2O5S2/c1-6(2)16(12,13)9-5-4-7(8-9)14-15(3,10)11/h4-6H,1-3H3. The van der Waals surface area contributed by atoms with Crippen LogP contribution >= 0.6 is 0 Å². The third-order valence-corrected chi connectivity index (χ3v) is 4.02. The van der Waals surface area contributed by atoms with Crippen molar-refractivity contribution >= 4 is 20.1 Å². The van der Waals surface area contributed by atoms with Gasteiger partial charge in [0, 0.05) is 12.3 Å². The molecule has 0 bridgehead atoms. The maximum absolute atomic E-state index is 11.6. The molecule has 0 radical (unpaired) electrons. The maximum Gasteiger partial charge on any atom is 0.307 e. The van der Waals surface area contributed by atoms with E-state index in [0.29, 0.717) is 4.09 Å². The van der Waals surface area contributed by atoms with E-state index < -0.39 is 25.4 Å². The second-order valence-corrected chi connectivity index (χ2v) is 7.33. The molecule has 0 atom stereocenters. The summed E-state index contributed by atoms with van der Waals surface area (Å²) in [5, 5.41) is 2.86.